The average Bonchev–Trinajstić information content (AvgIpc) is 2.42. The third-order valence-electron chi connectivity index (χ3n) is 4.10. The van der Waals surface area contributed by atoms with Gasteiger partial charge in [0.25, 0.3) is 0 Å². The van der Waals surface area contributed by atoms with Crippen LogP contribution in [0.3, 0.4) is 0 Å². The minimum absolute atomic E-state index is 0.330. The van der Waals surface area contributed by atoms with Gasteiger partial charge in [-0.3, -0.25) is 0 Å². The molecule has 4 heteroatoms. The Morgan fingerprint density at radius 1 is 1.37 bits per heavy atom. The first-order valence-electron chi connectivity index (χ1n) is 6.97. The SMILES string of the molecule is CCC(C)C1CN(c2cc(F)c(C)cc2F)CCN1. The normalized spacial score (nSPS) is 21.5. The van der Waals surface area contributed by atoms with Gasteiger partial charge in [0, 0.05) is 31.7 Å². The predicted octanol–water partition coefficient (Wildman–Crippen LogP) is 3.10. The van der Waals surface area contributed by atoms with Crippen LogP contribution in [0.4, 0.5) is 14.5 Å². The maximum absolute atomic E-state index is 14.0. The van der Waals surface area contributed by atoms with Gasteiger partial charge in [-0.1, -0.05) is 20.3 Å². The Kier molecular flexibility index (Phi) is 4.40. The van der Waals surface area contributed by atoms with Crippen LogP contribution in [0.25, 0.3) is 0 Å². The molecule has 1 aromatic carbocycles. The number of hydrogen-bond acceptors (Lipinski definition) is 2. The fourth-order valence-corrected chi connectivity index (χ4v) is 2.54. The van der Waals surface area contributed by atoms with Gasteiger partial charge in [0.15, 0.2) is 0 Å². The molecule has 1 aromatic rings. The van der Waals surface area contributed by atoms with Crippen molar-refractivity contribution in [2.24, 2.45) is 5.92 Å². The minimum Gasteiger partial charge on any atom is -0.366 e. The molecule has 1 aliphatic heterocycles. The standard InChI is InChI=1S/C15H22F2N2/c1-4-10(2)14-9-19(6-5-18-14)15-8-12(16)11(3)7-13(15)17/h7-8,10,14,18H,4-6,9H2,1-3H3. The molecule has 1 N–H and O–H groups in total. The fourth-order valence-electron chi connectivity index (χ4n) is 2.54. The largest absolute Gasteiger partial charge is 0.366 e. The zero-order chi connectivity index (χ0) is 14.0. The smallest absolute Gasteiger partial charge is 0.146 e. The highest BCUT2D eigenvalue weighted by Gasteiger charge is 2.25. The molecule has 0 spiro atoms. The molecule has 1 aliphatic rings. The first kappa shape index (κ1) is 14.3. The molecule has 1 heterocycles. The van der Waals surface area contributed by atoms with Gasteiger partial charge >= 0.3 is 0 Å². The van der Waals surface area contributed by atoms with Gasteiger partial charge in [-0.2, -0.15) is 0 Å². The van der Waals surface area contributed by atoms with E-state index in [-0.39, 0.29) is 11.6 Å². The Morgan fingerprint density at radius 3 is 2.79 bits per heavy atom. The van der Waals surface area contributed by atoms with E-state index < -0.39 is 0 Å². The van der Waals surface area contributed by atoms with Crippen LogP contribution in [-0.2, 0) is 0 Å². The summed E-state index contributed by atoms with van der Waals surface area (Å²) >= 11 is 0. The van der Waals surface area contributed by atoms with Crippen LogP contribution in [0.15, 0.2) is 12.1 Å². The molecule has 2 nitrogen and oxygen atoms in total. The monoisotopic (exact) mass is 268 g/mol. The molecular formula is C15H22F2N2. The summed E-state index contributed by atoms with van der Waals surface area (Å²) < 4.78 is 27.6. The van der Waals surface area contributed by atoms with Crippen molar-refractivity contribution in [3.8, 4) is 0 Å². The van der Waals surface area contributed by atoms with E-state index in [1.165, 1.54) is 12.1 Å². The van der Waals surface area contributed by atoms with Gasteiger partial charge in [-0.15, -0.1) is 0 Å². The zero-order valence-corrected chi connectivity index (χ0v) is 11.8. The lowest BCUT2D eigenvalue weighted by Crippen LogP contribution is -2.53. The van der Waals surface area contributed by atoms with Crippen molar-refractivity contribution >= 4 is 5.69 Å². The zero-order valence-electron chi connectivity index (χ0n) is 11.8. The highest BCUT2D eigenvalue weighted by molar-refractivity contribution is 5.50. The van der Waals surface area contributed by atoms with E-state index in [0.29, 0.717) is 29.8 Å². The van der Waals surface area contributed by atoms with Crippen LogP contribution in [0.1, 0.15) is 25.8 Å². The van der Waals surface area contributed by atoms with Gasteiger partial charge in [-0.05, 0) is 24.5 Å². The Hall–Kier alpha value is -1.16. The number of benzene rings is 1. The van der Waals surface area contributed by atoms with Crippen LogP contribution in [-0.4, -0.2) is 25.7 Å². The summed E-state index contributed by atoms with van der Waals surface area (Å²) in [5, 5.41) is 3.46. The first-order chi connectivity index (χ1) is 9.02. The molecule has 106 valence electrons. The number of nitrogens with zero attached hydrogens (tertiary/aromatic N) is 1. The summed E-state index contributed by atoms with van der Waals surface area (Å²) in [6.45, 7) is 8.18. The van der Waals surface area contributed by atoms with Crippen LogP contribution in [0.2, 0.25) is 0 Å². The third-order valence-corrected chi connectivity index (χ3v) is 4.10. The second kappa shape index (κ2) is 5.87. The quantitative estimate of drug-likeness (QED) is 0.906. The lowest BCUT2D eigenvalue weighted by atomic mass is 9.97. The van der Waals surface area contributed by atoms with Crippen LogP contribution in [0.5, 0.6) is 0 Å². The Labute approximate surface area is 113 Å². The van der Waals surface area contributed by atoms with Crippen molar-refractivity contribution in [3.05, 3.63) is 29.3 Å². The molecule has 0 aromatic heterocycles. The topological polar surface area (TPSA) is 15.3 Å². The average molecular weight is 268 g/mol. The number of anilines is 1. The number of nitrogens with one attached hydrogen (secondary N) is 1. The van der Waals surface area contributed by atoms with Gasteiger partial charge in [0.05, 0.1) is 5.69 Å². The molecule has 2 rings (SSSR count). The van der Waals surface area contributed by atoms with Gasteiger partial charge < -0.3 is 10.2 Å². The van der Waals surface area contributed by atoms with Crippen molar-refractivity contribution in [1.29, 1.82) is 0 Å². The van der Waals surface area contributed by atoms with E-state index in [9.17, 15) is 8.78 Å². The van der Waals surface area contributed by atoms with Gasteiger partial charge in [0.2, 0.25) is 0 Å². The van der Waals surface area contributed by atoms with Crippen molar-refractivity contribution in [2.75, 3.05) is 24.5 Å². The molecule has 2 unspecified atom stereocenters. The second-order valence-electron chi connectivity index (χ2n) is 5.44. The molecule has 2 atom stereocenters. The lowest BCUT2D eigenvalue weighted by molar-refractivity contribution is 0.340. The molecule has 19 heavy (non-hydrogen) atoms. The van der Waals surface area contributed by atoms with E-state index in [0.717, 1.165) is 19.5 Å². The third kappa shape index (κ3) is 3.06. The number of aryl methyl sites for hydroxylation is 1. The predicted molar refractivity (Wildman–Crippen MR) is 74.6 cm³/mol. The van der Waals surface area contributed by atoms with Crippen LogP contribution < -0.4 is 10.2 Å². The Bertz CT molecular complexity index is 448. The minimum atomic E-state index is -0.338. The molecule has 0 amide bonds. The van der Waals surface area contributed by atoms with Gasteiger partial charge in [0.1, 0.15) is 11.6 Å². The molecule has 0 radical (unpaired) electrons. The fraction of sp³-hybridized carbons (Fsp3) is 0.600. The summed E-state index contributed by atoms with van der Waals surface area (Å²) in [6.07, 6.45) is 1.08. The summed E-state index contributed by atoms with van der Waals surface area (Å²) in [5.41, 5.74) is 0.743. The Balaban J connectivity index is 2.19. The maximum atomic E-state index is 14.0. The molecule has 1 fully saturated rings. The maximum Gasteiger partial charge on any atom is 0.146 e. The van der Waals surface area contributed by atoms with E-state index in [1.807, 2.05) is 4.90 Å². The molecule has 0 aliphatic carbocycles. The van der Waals surface area contributed by atoms with Crippen molar-refractivity contribution in [3.63, 3.8) is 0 Å². The van der Waals surface area contributed by atoms with E-state index >= 15 is 0 Å². The van der Waals surface area contributed by atoms with Gasteiger partial charge in [-0.25, -0.2) is 8.78 Å². The molecule has 1 saturated heterocycles. The first-order valence-corrected chi connectivity index (χ1v) is 6.97. The molecule has 0 bridgehead atoms. The Morgan fingerprint density at radius 2 is 2.11 bits per heavy atom. The highest BCUT2D eigenvalue weighted by atomic mass is 19.1. The summed E-state index contributed by atoms with van der Waals surface area (Å²) in [7, 11) is 0. The van der Waals surface area contributed by atoms with Crippen LogP contribution in [0, 0.1) is 24.5 Å². The number of piperazine rings is 1. The highest BCUT2D eigenvalue weighted by Crippen LogP contribution is 2.25. The second-order valence-corrected chi connectivity index (χ2v) is 5.44. The van der Waals surface area contributed by atoms with Crippen LogP contribution >= 0.6 is 0 Å². The summed E-state index contributed by atoms with van der Waals surface area (Å²) in [4.78, 5) is 1.95. The van der Waals surface area contributed by atoms with Crippen molar-refractivity contribution in [2.45, 2.75) is 33.2 Å². The summed E-state index contributed by atoms with van der Waals surface area (Å²) in [5.74, 6) is -0.139. The van der Waals surface area contributed by atoms with E-state index in [2.05, 4.69) is 19.2 Å². The molecule has 0 saturated carbocycles. The van der Waals surface area contributed by atoms with E-state index in [1.54, 1.807) is 6.92 Å². The molecular weight excluding hydrogens is 246 g/mol. The number of hydrogen-bond donors (Lipinski definition) is 1. The summed E-state index contributed by atoms with van der Waals surface area (Å²) in [6, 6.07) is 2.94. The van der Waals surface area contributed by atoms with Crippen molar-refractivity contribution in [1.82, 2.24) is 5.32 Å². The number of halogens is 2. The lowest BCUT2D eigenvalue weighted by Gasteiger charge is -2.38. The van der Waals surface area contributed by atoms with Crippen molar-refractivity contribution < 1.29 is 8.78 Å². The number of rotatable bonds is 3. The van der Waals surface area contributed by atoms with E-state index in [4.69, 9.17) is 0 Å².